The Morgan fingerprint density at radius 3 is 2.67 bits per heavy atom. The number of carbonyl (C=O) groups is 2. The van der Waals surface area contributed by atoms with Crippen molar-refractivity contribution in [2.75, 3.05) is 6.61 Å². The van der Waals surface area contributed by atoms with Crippen LogP contribution in [0.25, 0.3) is 6.08 Å². The smallest absolute Gasteiger partial charge is 0.344 e. The van der Waals surface area contributed by atoms with Gasteiger partial charge in [-0.15, -0.1) is 0 Å². The van der Waals surface area contributed by atoms with Crippen molar-refractivity contribution in [1.29, 1.82) is 0 Å². The first-order valence-electron chi connectivity index (χ1n) is 8.40. The normalized spacial score (nSPS) is 14.7. The van der Waals surface area contributed by atoms with E-state index < -0.39 is 11.6 Å². The van der Waals surface area contributed by atoms with Crippen LogP contribution in [0.1, 0.15) is 36.7 Å². The highest BCUT2D eigenvalue weighted by Crippen LogP contribution is 2.35. The molecular weight excluding hydrogens is 368 g/mol. The number of allylic oxidation sites excluding steroid dienone is 1. The molecule has 1 aliphatic heterocycles. The van der Waals surface area contributed by atoms with E-state index in [1.165, 1.54) is 0 Å². The average Bonchev–Trinajstić information content (AvgIpc) is 2.87. The summed E-state index contributed by atoms with van der Waals surface area (Å²) < 4.78 is 16.3. The Bertz CT molecular complexity index is 924. The molecule has 0 unspecified atom stereocenters. The van der Waals surface area contributed by atoms with Gasteiger partial charge in [0.15, 0.2) is 12.4 Å². The third-order valence-electron chi connectivity index (χ3n) is 3.56. The van der Waals surface area contributed by atoms with Crippen molar-refractivity contribution >= 4 is 29.4 Å². The van der Waals surface area contributed by atoms with E-state index in [2.05, 4.69) is 0 Å². The van der Waals surface area contributed by atoms with E-state index in [1.54, 1.807) is 63.2 Å². The van der Waals surface area contributed by atoms with Gasteiger partial charge in [0, 0.05) is 11.1 Å². The summed E-state index contributed by atoms with van der Waals surface area (Å²) in [4.78, 5) is 24.2. The first-order chi connectivity index (χ1) is 12.7. The molecular formula is C21H19ClO5. The Kier molecular flexibility index (Phi) is 5.24. The van der Waals surface area contributed by atoms with Crippen LogP contribution in [-0.2, 0) is 9.53 Å². The summed E-state index contributed by atoms with van der Waals surface area (Å²) in [6.45, 7) is 5.13. The number of hydrogen-bond acceptors (Lipinski definition) is 5. The maximum atomic E-state index is 12.5. The van der Waals surface area contributed by atoms with E-state index in [1.807, 2.05) is 6.07 Å². The zero-order valence-corrected chi connectivity index (χ0v) is 16.0. The molecule has 1 aliphatic rings. The zero-order chi connectivity index (χ0) is 19.6. The maximum Gasteiger partial charge on any atom is 0.344 e. The van der Waals surface area contributed by atoms with Crippen LogP contribution in [0.2, 0.25) is 5.02 Å². The molecule has 0 saturated heterocycles. The largest absolute Gasteiger partial charge is 0.482 e. The molecule has 0 bridgehead atoms. The van der Waals surface area contributed by atoms with Gasteiger partial charge in [-0.25, -0.2) is 4.79 Å². The predicted octanol–water partition coefficient (Wildman–Crippen LogP) is 4.68. The minimum atomic E-state index is -0.575. The highest BCUT2D eigenvalue weighted by molar-refractivity contribution is 6.30. The van der Waals surface area contributed by atoms with Gasteiger partial charge in [0.05, 0.1) is 5.56 Å². The number of ether oxygens (including phenoxy) is 3. The summed E-state index contributed by atoms with van der Waals surface area (Å²) in [7, 11) is 0. The summed E-state index contributed by atoms with van der Waals surface area (Å²) in [5, 5.41) is 0.574. The first kappa shape index (κ1) is 19.0. The Labute approximate surface area is 162 Å². The van der Waals surface area contributed by atoms with Crippen molar-refractivity contribution in [3.05, 3.63) is 64.4 Å². The molecule has 0 saturated carbocycles. The molecule has 0 radical (unpaired) electrons. The number of ketones is 1. The topological polar surface area (TPSA) is 61.8 Å². The molecule has 2 aromatic rings. The van der Waals surface area contributed by atoms with Crippen LogP contribution in [0.15, 0.2) is 48.2 Å². The van der Waals surface area contributed by atoms with Gasteiger partial charge in [0.2, 0.25) is 5.78 Å². The highest BCUT2D eigenvalue weighted by Gasteiger charge is 2.28. The third-order valence-corrected chi connectivity index (χ3v) is 3.80. The van der Waals surface area contributed by atoms with Crippen LogP contribution >= 0.6 is 11.6 Å². The lowest BCUT2D eigenvalue weighted by atomic mass is 10.1. The van der Waals surface area contributed by atoms with E-state index >= 15 is 0 Å². The molecule has 6 heteroatoms. The second kappa shape index (κ2) is 7.45. The molecule has 0 atom stereocenters. The van der Waals surface area contributed by atoms with E-state index in [0.717, 1.165) is 5.56 Å². The van der Waals surface area contributed by atoms with Crippen molar-refractivity contribution < 1.29 is 23.8 Å². The molecule has 0 amide bonds. The molecule has 0 aliphatic carbocycles. The fourth-order valence-corrected chi connectivity index (χ4v) is 2.72. The van der Waals surface area contributed by atoms with E-state index in [4.69, 9.17) is 25.8 Å². The molecule has 0 aromatic heterocycles. The molecule has 0 spiro atoms. The standard InChI is InChI=1S/C21H19ClO5/c1-21(2,3)27-19(23)12-25-15-7-8-16-17(11-15)26-18(20(16)24)10-13-5-4-6-14(22)9-13/h4-11H,12H2,1-3H3/b18-10-. The Morgan fingerprint density at radius 2 is 1.96 bits per heavy atom. The number of rotatable bonds is 4. The lowest BCUT2D eigenvalue weighted by Crippen LogP contribution is -2.27. The number of carbonyl (C=O) groups excluding carboxylic acids is 2. The summed E-state index contributed by atoms with van der Waals surface area (Å²) >= 11 is 5.97. The quantitative estimate of drug-likeness (QED) is 0.564. The van der Waals surface area contributed by atoms with Crippen molar-refractivity contribution in [2.45, 2.75) is 26.4 Å². The minimum absolute atomic E-state index is 0.205. The average molecular weight is 387 g/mol. The number of benzene rings is 2. The second-order valence-corrected chi connectivity index (χ2v) is 7.46. The fraction of sp³-hybridized carbons (Fsp3) is 0.238. The third kappa shape index (κ3) is 4.89. The van der Waals surface area contributed by atoms with E-state index in [-0.39, 0.29) is 18.1 Å². The SMILES string of the molecule is CC(C)(C)OC(=O)COc1ccc2c(c1)O/C(=C\c1cccc(Cl)c1)C2=O. The Morgan fingerprint density at radius 1 is 1.19 bits per heavy atom. The molecule has 0 fully saturated rings. The molecule has 0 N–H and O–H groups in total. The first-order valence-corrected chi connectivity index (χ1v) is 8.77. The highest BCUT2D eigenvalue weighted by atomic mass is 35.5. The molecule has 140 valence electrons. The van der Waals surface area contributed by atoms with Crippen LogP contribution in [0.3, 0.4) is 0 Å². The van der Waals surface area contributed by atoms with E-state index in [0.29, 0.717) is 22.1 Å². The maximum absolute atomic E-state index is 12.5. The number of halogens is 1. The lowest BCUT2D eigenvalue weighted by Gasteiger charge is -2.19. The summed E-state index contributed by atoms with van der Waals surface area (Å²) in [6, 6.07) is 11.9. The van der Waals surface area contributed by atoms with Crippen molar-refractivity contribution in [2.24, 2.45) is 0 Å². The van der Waals surface area contributed by atoms with Gasteiger partial charge in [-0.05, 0) is 56.7 Å². The zero-order valence-electron chi connectivity index (χ0n) is 15.2. The van der Waals surface area contributed by atoms with Crippen molar-refractivity contribution in [1.82, 2.24) is 0 Å². The molecule has 3 rings (SSSR count). The Hall–Kier alpha value is -2.79. The van der Waals surface area contributed by atoms with Gasteiger partial charge in [0.1, 0.15) is 17.1 Å². The monoisotopic (exact) mass is 386 g/mol. The number of hydrogen-bond donors (Lipinski definition) is 0. The molecule has 27 heavy (non-hydrogen) atoms. The summed E-state index contributed by atoms with van der Waals surface area (Å²) in [6.07, 6.45) is 1.63. The summed E-state index contributed by atoms with van der Waals surface area (Å²) in [5.41, 5.74) is 0.626. The van der Waals surface area contributed by atoms with Gasteiger partial charge in [-0.1, -0.05) is 23.7 Å². The number of fused-ring (bicyclic) bond motifs is 1. The van der Waals surface area contributed by atoms with Gasteiger partial charge in [-0.2, -0.15) is 0 Å². The van der Waals surface area contributed by atoms with Gasteiger partial charge in [0.25, 0.3) is 0 Å². The van der Waals surface area contributed by atoms with Gasteiger partial charge >= 0.3 is 5.97 Å². The van der Waals surface area contributed by atoms with Crippen LogP contribution in [0.4, 0.5) is 0 Å². The summed E-state index contributed by atoms with van der Waals surface area (Å²) in [5.74, 6) is 0.313. The molecule has 5 nitrogen and oxygen atoms in total. The van der Waals surface area contributed by atoms with Crippen molar-refractivity contribution in [3.63, 3.8) is 0 Å². The van der Waals surface area contributed by atoms with E-state index in [9.17, 15) is 9.59 Å². The van der Waals surface area contributed by atoms with Gasteiger partial charge in [-0.3, -0.25) is 4.79 Å². The van der Waals surface area contributed by atoms with Crippen molar-refractivity contribution in [3.8, 4) is 11.5 Å². The van der Waals surface area contributed by atoms with Gasteiger partial charge < -0.3 is 14.2 Å². The lowest BCUT2D eigenvalue weighted by molar-refractivity contribution is -0.157. The Balaban J connectivity index is 1.71. The van der Waals surface area contributed by atoms with Crippen LogP contribution in [-0.4, -0.2) is 24.0 Å². The van der Waals surface area contributed by atoms with Crippen LogP contribution < -0.4 is 9.47 Å². The minimum Gasteiger partial charge on any atom is -0.482 e. The fourth-order valence-electron chi connectivity index (χ4n) is 2.52. The van der Waals surface area contributed by atoms with Crippen LogP contribution in [0.5, 0.6) is 11.5 Å². The molecule has 1 heterocycles. The predicted molar refractivity (Wildman–Crippen MR) is 102 cm³/mol. The number of Topliss-reactive ketones (excluding diaryl/α,β-unsaturated/α-hetero) is 1. The second-order valence-electron chi connectivity index (χ2n) is 7.03. The molecule has 2 aromatic carbocycles. The van der Waals surface area contributed by atoms with Crippen LogP contribution in [0, 0.1) is 0 Å². The number of esters is 1.